The molecule has 0 saturated heterocycles. The van der Waals surface area contributed by atoms with E-state index in [0.717, 1.165) is 5.56 Å². The topological polar surface area (TPSA) is 96.9 Å². The Morgan fingerprint density at radius 1 is 1.03 bits per heavy atom. The highest BCUT2D eigenvalue weighted by Gasteiger charge is 2.33. The number of amides is 1. The van der Waals surface area contributed by atoms with Crippen LogP contribution in [0.4, 0.5) is 11.5 Å². The van der Waals surface area contributed by atoms with Crippen LogP contribution in [0.15, 0.2) is 95.0 Å². The van der Waals surface area contributed by atoms with Crippen molar-refractivity contribution in [2.75, 3.05) is 29.4 Å². The Labute approximate surface area is 210 Å². The van der Waals surface area contributed by atoms with Crippen LogP contribution in [-0.2, 0) is 30.8 Å². The molecule has 0 aliphatic carbocycles. The van der Waals surface area contributed by atoms with E-state index in [4.69, 9.17) is 4.74 Å². The molecule has 0 atom stereocenters. The van der Waals surface area contributed by atoms with Crippen molar-refractivity contribution >= 4 is 33.4 Å². The van der Waals surface area contributed by atoms with E-state index >= 15 is 0 Å². The highest BCUT2D eigenvalue weighted by molar-refractivity contribution is 7.92. The van der Waals surface area contributed by atoms with E-state index in [2.05, 4.69) is 4.98 Å². The first-order valence-electron chi connectivity index (χ1n) is 11.5. The van der Waals surface area contributed by atoms with Crippen molar-refractivity contribution < 1.29 is 22.7 Å². The molecule has 36 heavy (non-hydrogen) atoms. The fourth-order valence-corrected chi connectivity index (χ4v) is 5.58. The molecule has 8 nitrogen and oxygen atoms in total. The van der Waals surface area contributed by atoms with Crippen LogP contribution in [0.25, 0.3) is 0 Å². The number of pyridine rings is 1. The summed E-state index contributed by atoms with van der Waals surface area (Å²) in [6.07, 6.45) is 1.63. The molecule has 9 heteroatoms. The molecule has 186 valence electrons. The predicted octanol–water partition coefficient (Wildman–Crippen LogP) is 3.75. The SMILES string of the molecule is CCN(c1ccccc1)S(=O)(=O)c1ccc(N2CC(CC(=O)OC)=C(Cc3ccccc3)C2=O)nc1. The minimum Gasteiger partial charge on any atom is -0.469 e. The van der Waals surface area contributed by atoms with Gasteiger partial charge in [0.1, 0.15) is 10.7 Å². The molecule has 3 aromatic rings. The van der Waals surface area contributed by atoms with Crippen molar-refractivity contribution in [1.82, 2.24) is 4.98 Å². The van der Waals surface area contributed by atoms with Crippen molar-refractivity contribution in [2.45, 2.75) is 24.7 Å². The van der Waals surface area contributed by atoms with Crippen LogP contribution >= 0.6 is 0 Å². The molecule has 0 N–H and O–H groups in total. The predicted molar refractivity (Wildman–Crippen MR) is 137 cm³/mol. The van der Waals surface area contributed by atoms with Gasteiger partial charge in [-0.1, -0.05) is 48.5 Å². The van der Waals surface area contributed by atoms with Crippen LogP contribution in [0.5, 0.6) is 0 Å². The summed E-state index contributed by atoms with van der Waals surface area (Å²) >= 11 is 0. The van der Waals surface area contributed by atoms with Crippen molar-refractivity contribution in [3.63, 3.8) is 0 Å². The highest BCUT2D eigenvalue weighted by Crippen LogP contribution is 2.30. The second kappa shape index (κ2) is 10.7. The van der Waals surface area contributed by atoms with E-state index < -0.39 is 16.0 Å². The number of rotatable bonds is 9. The van der Waals surface area contributed by atoms with Gasteiger partial charge in [0, 0.05) is 31.3 Å². The summed E-state index contributed by atoms with van der Waals surface area (Å²) in [7, 11) is -2.53. The minimum absolute atomic E-state index is 0.00406. The molecular weight excluding hydrogens is 478 g/mol. The number of para-hydroxylation sites is 1. The molecule has 4 rings (SSSR count). The minimum atomic E-state index is -3.84. The number of benzene rings is 2. The Morgan fingerprint density at radius 2 is 1.69 bits per heavy atom. The number of carbonyl (C=O) groups excluding carboxylic acids is 2. The van der Waals surface area contributed by atoms with Gasteiger partial charge in [-0.3, -0.25) is 18.8 Å². The Bertz CT molecular complexity index is 1370. The van der Waals surface area contributed by atoms with Crippen LogP contribution in [0.1, 0.15) is 18.9 Å². The lowest BCUT2D eigenvalue weighted by Crippen LogP contribution is -2.31. The molecule has 0 saturated carbocycles. The first-order valence-corrected chi connectivity index (χ1v) is 13.0. The van der Waals surface area contributed by atoms with Gasteiger partial charge in [0.05, 0.1) is 19.2 Å². The Balaban J connectivity index is 1.60. The standard InChI is InChI=1S/C27H27N3O5S/c1-3-30(22-12-8-5-9-13-22)36(33,34)23-14-15-25(28-18-23)29-19-21(17-26(31)35-2)24(27(29)32)16-20-10-6-4-7-11-20/h4-15,18H,3,16-17,19H2,1-2H3. The molecule has 0 spiro atoms. The highest BCUT2D eigenvalue weighted by atomic mass is 32.2. The number of methoxy groups -OCH3 is 1. The number of ether oxygens (including phenoxy) is 1. The number of sulfonamides is 1. The number of carbonyl (C=O) groups is 2. The van der Waals surface area contributed by atoms with Gasteiger partial charge in [-0.15, -0.1) is 0 Å². The average Bonchev–Trinajstić information content (AvgIpc) is 3.20. The first kappa shape index (κ1) is 25.1. The molecule has 0 fully saturated rings. The average molecular weight is 506 g/mol. The summed E-state index contributed by atoms with van der Waals surface area (Å²) in [6.45, 7) is 2.20. The number of aromatic nitrogens is 1. The van der Waals surface area contributed by atoms with Crippen molar-refractivity contribution in [3.8, 4) is 0 Å². The van der Waals surface area contributed by atoms with Gasteiger partial charge >= 0.3 is 5.97 Å². The normalized spacial score (nSPS) is 13.7. The number of nitrogens with zero attached hydrogens (tertiary/aromatic N) is 3. The molecule has 0 bridgehead atoms. The number of hydrogen-bond donors (Lipinski definition) is 0. The van der Waals surface area contributed by atoms with Crippen LogP contribution in [0, 0.1) is 0 Å². The van der Waals surface area contributed by atoms with Gasteiger partial charge in [0.25, 0.3) is 15.9 Å². The van der Waals surface area contributed by atoms with E-state index in [0.29, 0.717) is 29.1 Å². The fraction of sp³-hybridized carbons (Fsp3) is 0.222. The molecule has 2 aromatic carbocycles. The molecule has 2 heterocycles. The molecule has 1 aliphatic heterocycles. The van der Waals surface area contributed by atoms with Gasteiger partial charge in [0.15, 0.2) is 0 Å². The van der Waals surface area contributed by atoms with Gasteiger partial charge in [-0.05, 0) is 42.3 Å². The largest absolute Gasteiger partial charge is 0.469 e. The number of anilines is 2. The van der Waals surface area contributed by atoms with Crippen molar-refractivity contribution in [2.24, 2.45) is 0 Å². The lowest BCUT2D eigenvalue weighted by Gasteiger charge is -2.23. The zero-order valence-electron chi connectivity index (χ0n) is 20.1. The van der Waals surface area contributed by atoms with E-state index in [1.807, 2.05) is 36.4 Å². The maximum absolute atomic E-state index is 13.4. The molecule has 1 aliphatic rings. The van der Waals surface area contributed by atoms with E-state index in [9.17, 15) is 18.0 Å². The van der Waals surface area contributed by atoms with Gasteiger partial charge in [0.2, 0.25) is 0 Å². The zero-order chi connectivity index (χ0) is 25.7. The third-order valence-electron chi connectivity index (χ3n) is 6.00. The van der Waals surface area contributed by atoms with Crippen molar-refractivity contribution in [1.29, 1.82) is 0 Å². The summed E-state index contributed by atoms with van der Waals surface area (Å²) in [5.74, 6) is -0.382. The summed E-state index contributed by atoms with van der Waals surface area (Å²) in [5.41, 5.74) is 2.68. The van der Waals surface area contributed by atoms with Crippen molar-refractivity contribution in [3.05, 3.63) is 95.7 Å². The third kappa shape index (κ3) is 5.16. The van der Waals surface area contributed by atoms with Gasteiger partial charge in [-0.2, -0.15) is 0 Å². The molecular formula is C27H27N3O5S. The summed E-state index contributed by atoms with van der Waals surface area (Å²) in [5, 5.41) is 0. The second-order valence-electron chi connectivity index (χ2n) is 8.25. The first-order chi connectivity index (χ1) is 17.3. The fourth-order valence-electron chi connectivity index (χ4n) is 4.16. The lowest BCUT2D eigenvalue weighted by atomic mass is 10.00. The van der Waals surface area contributed by atoms with Crippen LogP contribution in [0.3, 0.4) is 0 Å². The zero-order valence-corrected chi connectivity index (χ0v) is 20.9. The van der Waals surface area contributed by atoms with E-state index in [-0.39, 0.29) is 30.3 Å². The van der Waals surface area contributed by atoms with E-state index in [1.54, 1.807) is 31.2 Å². The summed E-state index contributed by atoms with van der Waals surface area (Å²) in [6, 6.07) is 21.3. The lowest BCUT2D eigenvalue weighted by molar-refractivity contribution is -0.139. The Hall–Kier alpha value is -3.98. The van der Waals surface area contributed by atoms with Gasteiger partial charge < -0.3 is 4.74 Å². The molecule has 1 amide bonds. The monoisotopic (exact) mass is 505 g/mol. The maximum atomic E-state index is 13.4. The quantitative estimate of drug-likeness (QED) is 0.411. The molecule has 0 radical (unpaired) electrons. The smallest absolute Gasteiger partial charge is 0.309 e. The number of hydrogen-bond acceptors (Lipinski definition) is 6. The molecule has 0 unspecified atom stereocenters. The van der Waals surface area contributed by atoms with Crippen LogP contribution in [-0.4, -0.2) is 45.5 Å². The van der Waals surface area contributed by atoms with E-state index in [1.165, 1.54) is 34.6 Å². The second-order valence-corrected chi connectivity index (χ2v) is 10.1. The summed E-state index contributed by atoms with van der Waals surface area (Å²) < 4.78 is 32.7. The number of esters is 1. The van der Waals surface area contributed by atoms with Crippen LogP contribution in [0.2, 0.25) is 0 Å². The Morgan fingerprint density at radius 3 is 2.28 bits per heavy atom. The van der Waals surface area contributed by atoms with Gasteiger partial charge in [-0.25, -0.2) is 13.4 Å². The molecule has 1 aromatic heterocycles. The Kier molecular flexibility index (Phi) is 7.49. The third-order valence-corrected chi connectivity index (χ3v) is 7.89. The summed E-state index contributed by atoms with van der Waals surface area (Å²) in [4.78, 5) is 31.2. The maximum Gasteiger partial charge on any atom is 0.309 e. The van der Waals surface area contributed by atoms with Crippen LogP contribution < -0.4 is 9.21 Å².